The van der Waals surface area contributed by atoms with Crippen LogP contribution in [0.5, 0.6) is 0 Å². The van der Waals surface area contributed by atoms with E-state index in [0.717, 1.165) is 12.8 Å². The number of carbonyl (C=O) groups is 1. The molecule has 14 heavy (non-hydrogen) atoms. The Morgan fingerprint density at radius 3 is 2.71 bits per heavy atom. The predicted molar refractivity (Wildman–Crippen MR) is 52.2 cm³/mol. The van der Waals surface area contributed by atoms with Crippen molar-refractivity contribution in [3.63, 3.8) is 0 Å². The van der Waals surface area contributed by atoms with Crippen LogP contribution in [0.15, 0.2) is 12.4 Å². The van der Waals surface area contributed by atoms with Gasteiger partial charge in [-0.15, -0.1) is 0 Å². The highest BCUT2D eigenvalue weighted by Gasteiger charge is 2.30. The fraction of sp³-hybridized carbons (Fsp3) is 0.444. The van der Waals surface area contributed by atoms with E-state index in [9.17, 15) is 4.79 Å². The van der Waals surface area contributed by atoms with Gasteiger partial charge in [0, 0.05) is 13.1 Å². The average Bonchev–Trinajstić information content (AvgIpc) is 3.00. The minimum absolute atomic E-state index is 0.0864. The van der Waals surface area contributed by atoms with E-state index < -0.39 is 0 Å². The van der Waals surface area contributed by atoms with Crippen LogP contribution in [-0.2, 0) is 0 Å². The molecule has 2 rings (SSSR count). The van der Waals surface area contributed by atoms with Gasteiger partial charge in [-0.05, 0) is 12.8 Å². The van der Waals surface area contributed by atoms with Crippen molar-refractivity contribution in [3.8, 4) is 0 Å². The second-order valence-electron chi connectivity index (χ2n) is 3.37. The summed E-state index contributed by atoms with van der Waals surface area (Å²) < 4.78 is 0. The quantitative estimate of drug-likeness (QED) is 0.742. The van der Waals surface area contributed by atoms with E-state index in [0.29, 0.717) is 16.9 Å². The van der Waals surface area contributed by atoms with Crippen molar-refractivity contribution < 1.29 is 4.79 Å². The molecule has 1 aromatic heterocycles. The van der Waals surface area contributed by atoms with Gasteiger partial charge in [-0.3, -0.25) is 4.79 Å². The monoisotopic (exact) mass is 211 g/mol. The van der Waals surface area contributed by atoms with Gasteiger partial charge < -0.3 is 4.90 Å². The van der Waals surface area contributed by atoms with Crippen LogP contribution in [0, 0.1) is 0 Å². The highest BCUT2D eigenvalue weighted by Crippen LogP contribution is 2.26. The molecule has 1 aromatic rings. The summed E-state index contributed by atoms with van der Waals surface area (Å²) in [6.45, 7) is 0. The Kier molecular flexibility index (Phi) is 2.37. The molecule has 0 spiro atoms. The van der Waals surface area contributed by atoms with E-state index >= 15 is 0 Å². The lowest BCUT2D eigenvalue weighted by Gasteiger charge is -2.14. The van der Waals surface area contributed by atoms with Crippen molar-refractivity contribution in [3.05, 3.63) is 23.2 Å². The van der Waals surface area contributed by atoms with Crippen molar-refractivity contribution in [2.75, 3.05) is 7.05 Å². The first-order valence-corrected chi connectivity index (χ1v) is 4.81. The number of amides is 1. The Bertz CT molecular complexity index is 348. The third-order valence-electron chi connectivity index (χ3n) is 2.25. The maximum Gasteiger partial charge on any atom is 0.274 e. The van der Waals surface area contributed by atoms with Crippen molar-refractivity contribution in [1.29, 1.82) is 0 Å². The lowest BCUT2D eigenvalue weighted by atomic mass is 10.4. The highest BCUT2D eigenvalue weighted by atomic mass is 35.5. The number of carbonyl (C=O) groups excluding carboxylic acids is 1. The first-order valence-electron chi connectivity index (χ1n) is 4.43. The molecule has 0 saturated heterocycles. The number of hydrogen-bond donors (Lipinski definition) is 0. The Morgan fingerprint density at radius 2 is 2.21 bits per heavy atom. The van der Waals surface area contributed by atoms with Crippen LogP contribution < -0.4 is 0 Å². The summed E-state index contributed by atoms with van der Waals surface area (Å²) in [5.74, 6) is -0.0864. The molecule has 4 nitrogen and oxygen atoms in total. The molecule has 0 unspecified atom stereocenters. The zero-order valence-electron chi connectivity index (χ0n) is 7.77. The van der Waals surface area contributed by atoms with Gasteiger partial charge in [0.25, 0.3) is 5.91 Å². The van der Waals surface area contributed by atoms with Crippen LogP contribution in [0.25, 0.3) is 0 Å². The van der Waals surface area contributed by atoms with Gasteiger partial charge in [0.1, 0.15) is 10.8 Å². The van der Waals surface area contributed by atoms with Gasteiger partial charge in [0.2, 0.25) is 0 Å². The molecule has 0 radical (unpaired) electrons. The summed E-state index contributed by atoms with van der Waals surface area (Å²) in [5, 5.41) is 0.302. The van der Waals surface area contributed by atoms with Gasteiger partial charge in [-0.2, -0.15) is 0 Å². The summed E-state index contributed by atoms with van der Waals surface area (Å²) in [5.41, 5.74) is 0.351. The van der Waals surface area contributed by atoms with Gasteiger partial charge in [0.05, 0.1) is 12.4 Å². The van der Waals surface area contributed by atoms with Crippen LogP contribution in [0.1, 0.15) is 23.3 Å². The normalized spacial score (nSPS) is 15.3. The molecule has 1 aliphatic carbocycles. The van der Waals surface area contributed by atoms with Gasteiger partial charge in [-0.1, -0.05) is 11.6 Å². The molecule has 0 bridgehead atoms. The number of halogens is 1. The Hall–Kier alpha value is -1.16. The highest BCUT2D eigenvalue weighted by molar-refractivity contribution is 6.29. The summed E-state index contributed by atoms with van der Waals surface area (Å²) in [6, 6.07) is 0.389. The van der Waals surface area contributed by atoms with Gasteiger partial charge >= 0.3 is 0 Å². The molecule has 74 valence electrons. The minimum Gasteiger partial charge on any atom is -0.337 e. The van der Waals surface area contributed by atoms with Crippen LogP contribution in [-0.4, -0.2) is 33.9 Å². The second-order valence-corrected chi connectivity index (χ2v) is 3.76. The third-order valence-corrected chi connectivity index (χ3v) is 2.45. The van der Waals surface area contributed by atoms with Crippen molar-refractivity contribution in [2.24, 2.45) is 0 Å². The van der Waals surface area contributed by atoms with E-state index in [1.807, 2.05) is 0 Å². The van der Waals surface area contributed by atoms with Gasteiger partial charge in [-0.25, -0.2) is 9.97 Å². The second kappa shape index (κ2) is 3.53. The van der Waals surface area contributed by atoms with E-state index in [1.54, 1.807) is 11.9 Å². The number of hydrogen-bond acceptors (Lipinski definition) is 3. The lowest BCUT2D eigenvalue weighted by molar-refractivity contribution is 0.0779. The van der Waals surface area contributed by atoms with E-state index in [-0.39, 0.29) is 5.91 Å². The van der Waals surface area contributed by atoms with E-state index in [2.05, 4.69) is 9.97 Å². The fourth-order valence-electron chi connectivity index (χ4n) is 1.23. The number of rotatable bonds is 2. The summed E-state index contributed by atoms with van der Waals surface area (Å²) in [4.78, 5) is 21.2. The fourth-order valence-corrected chi connectivity index (χ4v) is 1.33. The molecule has 0 aliphatic heterocycles. The summed E-state index contributed by atoms with van der Waals surface area (Å²) in [6.07, 6.45) is 4.96. The number of aromatic nitrogens is 2. The van der Waals surface area contributed by atoms with Crippen molar-refractivity contribution in [2.45, 2.75) is 18.9 Å². The topological polar surface area (TPSA) is 46.1 Å². The zero-order valence-corrected chi connectivity index (χ0v) is 8.53. The Labute approximate surface area is 86.9 Å². The van der Waals surface area contributed by atoms with Crippen LogP contribution in [0.2, 0.25) is 5.15 Å². The molecule has 0 atom stereocenters. The molecule has 1 fully saturated rings. The molecule has 1 amide bonds. The standard InChI is InChI=1S/C9H10ClN3O/c1-13(6-2-3-6)9(14)7-4-12-8(10)5-11-7/h4-6H,2-3H2,1H3. The average molecular weight is 212 g/mol. The maximum atomic E-state index is 11.7. The van der Waals surface area contributed by atoms with Crippen LogP contribution in [0.4, 0.5) is 0 Å². The van der Waals surface area contributed by atoms with E-state index in [4.69, 9.17) is 11.6 Å². The molecule has 1 heterocycles. The van der Waals surface area contributed by atoms with Crippen molar-refractivity contribution in [1.82, 2.24) is 14.9 Å². The zero-order chi connectivity index (χ0) is 10.1. The molecule has 0 aromatic carbocycles. The number of nitrogens with zero attached hydrogens (tertiary/aromatic N) is 3. The molecule has 1 saturated carbocycles. The largest absolute Gasteiger partial charge is 0.337 e. The van der Waals surface area contributed by atoms with Crippen LogP contribution in [0.3, 0.4) is 0 Å². The first-order chi connectivity index (χ1) is 6.68. The minimum atomic E-state index is -0.0864. The third kappa shape index (κ3) is 1.85. The lowest BCUT2D eigenvalue weighted by Crippen LogP contribution is -2.29. The van der Waals surface area contributed by atoms with Crippen LogP contribution >= 0.6 is 11.6 Å². The molecule has 0 N–H and O–H groups in total. The SMILES string of the molecule is CN(C(=O)c1cnc(Cl)cn1)C1CC1. The smallest absolute Gasteiger partial charge is 0.274 e. The maximum absolute atomic E-state index is 11.7. The first kappa shape index (κ1) is 9.40. The molecular formula is C9H10ClN3O. The van der Waals surface area contributed by atoms with Gasteiger partial charge in [0.15, 0.2) is 0 Å². The van der Waals surface area contributed by atoms with E-state index in [1.165, 1.54) is 12.4 Å². The predicted octanol–water partition coefficient (Wildman–Crippen LogP) is 1.36. The summed E-state index contributed by atoms with van der Waals surface area (Å²) >= 11 is 5.57. The Balaban J connectivity index is 2.13. The summed E-state index contributed by atoms with van der Waals surface area (Å²) in [7, 11) is 1.79. The molecule has 5 heteroatoms. The molecule has 1 aliphatic rings. The Morgan fingerprint density at radius 1 is 1.50 bits per heavy atom. The molecular weight excluding hydrogens is 202 g/mol. The van der Waals surface area contributed by atoms with Crippen molar-refractivity contribution >= 4 is 17.5 Å².